The van der Waals surface area contributed by atoms with E-state index in [9.17, 15) is 4.79 Å². The van der Waals surface area contributed by atoms with E-state index in [-0.39, 0.29) is 16.9 Å². The number of hydrogen-bond donors (Lipinski definition) is 2. The molecule has 1 saturated heterocycles. The van der Waals surface area contributed by atoms with E-state index in [4.69, 9.17) is 13.3 Å². The van der Waals surface area contributed by atoms with E-state index in [1.807, 2.05) is 54.9 Å². The highest BCUT2D eigenvalue weighted by Crippen LogP contribution is 2.33. The normalized spacial score (nSPS) is 12.7. The number of amides is 2. The Morgan fingerprint density at radius 3 is 1.21 bits per heavy atom. The number of urea groups is 1. The fraction of sp³-hybridized carbons (Fsp3) is 0.658. The van der Waals surface area contributed by atoms with Gasteiger partial charge in [0.1, 0.15) is 27.6 Å². The number of benzene rings is 2. The van der Waals surface area contributed by atoms with Crippen molar-refractivity contribution in [3.8, 4) is 0 Å². The van der Waals surface area contributed by atoms with Gasteiger partial charge in [0.05, 0.1) is 26.6 Å². The predicted molar refractivity (Wildman–Crippen MR) is 415 cm³/mol. The summed E-state index contributed by atoms with van der Waals surface area (Å²) < 4.78 is 17.7. The van der Waals surface area contributed by atoms with Crippen LogP contribution in [0.3, 0.4) is 0 Å². The van der Waals surface area contributed by atoms with Crippen molar-refractivity contribution < 1.29 is 18.0 Å². The molecule has 2 amide bonds. The Balaban J connectivity index is 0.000000296. The Labute approximate surface area is 604 Å². The number of fused-ring (bicyclic) bond motifs is 2. The summed E-state index contributed by atoms with van der Waals surface area (Å²) in [7, 11) is 0. The number of rotatable bonds is 14. The molecule has 8 heterocycles. The second-order valence-electron chi connectivity index (χ2n) is 32.1. The maximum atomic E-state index is 11.6. The van der Waals surface area contributed by atoms with Crippen LogP contribution in [0.1, 0.15) is 385 Å². The molecule has 10 rings (SSSR count). The zero-order valence-electron chi connectivity index (χ0n) is 67.4. The van der Waals surface area contributed by atoms with Gasteiger partial charge in [0.25, 0.3) is 0 Å². The lowest BCUT2D eigenvalue weighted by atomic mass is 9.87. The van der Waals surface area contributed by atoms with Crippen molar-refractivity contribution in [1.29, 1.82) is 0 Å². The van der Waals surface area contributed by atoms with Crippen LogP contribution in [0.5, 0.6) is 0 Å². The summed E-state index contributed by atoms with van der Waals surface area (Å²) in [6.45, 7) is 74.1. The first-order chi connectivity index (χ1) is 45.8. The number of carbonyl (C=O) groups excluding carboxylic acids is 1. The maximum Gasteiger partial charge on any atom is 0.320 e. The van der Waals surface area contributed by atoms with Crippen molar-refractivity contribution in [1.82, 2.24) is 70.5 Å². The monoisotopic (exact) mass is 1400 g/mol. The molecule has 99 heavy (non-hydrogen) atoms. The van der Waals surface area contributed by atoms with Crippen LogP contribution in [0.4, 0.5) is 4.79 Å². The minimum absolute atomic E-state index is 0.152. The van der Waals surface area contributed by atoms with Gasteiger partial charge in [-0.25, -0.2) is 24.7 Å². The lowest BCUT2D eigenvalue weighted by molar-refractivity contribution is 0.175. The zero-order valence-corrected chi connectivity index (χ0v) is 69.1. The van der Waals surface area contributed by atoms with Crippen molar-refractivity contribution in [3.63, 3.8) is 0 Å². The standard InChI is InChI=1S/C14H19NO.C14H19NS.C9H18N2O.C9H16N2.C9H15NO.C8H15N3.C8H14N2O.C8H14N2S/c2*1-9(2)13-15-11-7-6-10(14(3,4)5)8-12(11)16-13;1-7(2)10-5-6-11(8(3)4)9(10)12;1-6(2)8-5-9(7(3)4)11-10-8;1-6(2)8-5-11-9(10-8)7(3)4;1-5(2)7-9-8(6(3)4)11-10-7;2*1-5(2)7-9-10-8(11-7)6(3)4/h2*6-9H,1-5H3;7-8H,5-6H2,1-4H3;5-7H,1-4H3,(H,10,11);5-7H,1-4H3;5-6H,1-4H3,(H,9,10,11);2*5-6H,1-4H3. The van der Waals surface area contributed by atoms with Crippen molar-refractivity contribution in [3.05, 3.63) is 127 Å². The molecular weight excluding hydrogens is 1270 g/mol. The lowest BCUT2D eigenvalue weighted by Gasteiger charge is -2.23. The molecule has 1 aliphatic heterocycles. The van der Waals surface area contributed by atoms with Gasteiger partial charge in [-0.15, -0.1) is 43.1 Å². The van der Waals surface area contributed by atoms with Crippen molar-refractivity contribution >= 4 is 50.0 Å². The molecule has 0 atom stereocenters. The number of H-pyrrole nitrogens is 2. The molecule has 0 saturated carbocycles. The number of carbonyl (C=O) groups is 1. The first kappa shape index (κ1) is 86.6. The topological polar surface area (TPSA) is 223 Å². The molecule has 0 spiro atoms. The van der Waals surface area contributed by atoms with Gasteiger partial charge in [-0.1, -0.05) is 220 Å². The summed E-state index contributed by atoms with van der Waals surface area (Å²) in [5.74, 6) is 10.3. The van der Waals surface area contributed by atoms with Gasteiger partial charge in [-0.2, -0.15) is 10.2 Å². The van der Waals surface area contributed by atoms with Crippen molar-refractivity contribution in [2.45, 2.75) is 329 Å². The third kappa shape index (κ3) is 28.0. The highest BCUT2D eigenvalue weighted by atomic mass is 32.1. The molecule has 0 radical (unpaired) electrons. The fourth-order valence-corrected chi connectivity index (χ4v) is 10.7. The number of aromatic amines is 2. The quantitative estimate of drug-likeness (QED) is 0.103. The third-order valence-corrected chi connectivity index (χ3v) is 18.6. The van der Waals surface area contributed by atoms with Crippen LogP contribution >= 0.6 is 22.7 Å². The Morgan fingerprint density at radius 2 is 0.889 bits per heavy atom. The van der Waals surface area contributed by atoms with Crippen LogP contribution in [-0.4, -0.2) is 102 Å². The summed E-state index contributed by atoms with van der Waals surface area (Å²) in [6.07, 6.45) is 1.75. The van der Waals surface area contributed by atoms with Gasteiger partial charge >= 0.3 is 6.03 Å². The third-order valence-electron chi connectivity index (χ3n) is 15.8. The summed E-state index contributed by atoms with van der Waals surface area (Å²) >= 11 is 3.55. The molecule has 552 valence electrons. The Kier molecular flexibility index (Phi) is 34.5. The molecule has 1 aliphatic rings. The van der Waals surface area contributed by atoms with Gasteiger partial charge in [-0.3, -0.25) is 10.2 Å². The Hall–Kier alpha value is -6.67. The van der Waals surface area contributed by atoms with Crippen LogP contribution in [-0.2, 0) is 10.8 Å². The van der Waals surface area contributed by atoms with E-state index in [0.29, 0.717) is 83.1 Å². The summed E-state index contributed by atoms with van der Waals surface area (Å²) in [4.78, 5) is 33.3. The van der Waals surface area contributed by atoms with Crippen LogP contribution in [0.25, 0.3) is 21.3 Å². The second-order valence-corrected chi connectivity index (χ2v) is 34.2. The number of thiazole rings is 1. The van der Waals surface area contributed by atoms with Crippen LogP contribution < -0.4 is 0 Å². The van der Waals surface area contributed by atoms with Gasteiger partial charge in [-0.05, 0) is 97.7 Å². The molecule has 2 N–H and O–H groups in total. The summed E-state index contributed by atoms with van der Waals surface area (Å²) in [6, 6.07) is 15.9. The molecule has 2 aromatic carbocycles. The van der Waals surface area contributed by atoms with E-state index in [0.717, 1.165) is 86.3 Å². The average Bonchev–Trinajstić information content (AvgIpc) is 1.71. The first-order valence-corrected chi connectivity index (χ1v) is 38.0. The first-order valence-electron chi connectivity index (χ1n) is 36.3. The molecular formula is C79H130N14O4S2. The summed E-state index contributed by atoms with van der Waals surface area (Å²) in [5.41, 5.74) is 9.48. The molecule has 9 aromatic rings. The van der Waals surface area contributed by atoms with E-state index in [2.05, 4.69) is 305 Å². The number of nitrogens with one attached hydrogen (secondary N) is 2. The van der Waals surface area contributed by atoms with Crippen molar-refractivity contribution in [2.24, 2.45) is 0 Å². The van der Waals surface area contributed by atoms with Crippen LogP contribution in [0.15, 0.2) is 62.0 Å². The average molecular weight is 1400 g/mol. The van der Waals surface area contributed by atoms with Gasteiger partial charge in [0, 0.05) is 84.1 Å². The van der Waals surface area contributed by atoms with Crippen LogP contribution in [0.2, 0.25) is 0 Å². The summed E-state index contributed by atoms with van der Waals surface area (Å²) in [5, 5.41) is 33.9. The maximum absolute atomic E-state index is 11.6. The number of oxazole rings is 2. The fourth-order valence-electron chi connectivity index (χ4n) is 8.85. The molecule has 18 nitrogen and oxygen atoms in total. The SMILES string of the molecule is CC(C)N1CCN(C(C)C)C1=O.CC(C)c1cc(C(C)C)[nH]n1.CC(C)c1coc(C(C)C)n1.CC(C)c1n[nH]c(C(C)C)n1.CC(C)c1nc2ccc(C(C)(C)C)cc2o1.CC(C)c1nc2ccc(C(C)(C)C)cc2s1.CC(C)c1nnc(C(C)C)o1.CC(C)c1nnc(C(C)C)s1. The zero-order chi connectivity index (χ0) is 75.3. The predicted octanol–water partition coefficient (Wildman–Crippen LogP) is 23.2. The molecule has 0 aliphatic carbocycles. The van der Waals surface area contributed by atoms with Crippen LogP contribution in [0, 0.1) is 0 Å². The van der Waals surface area contributed by atoms with Gasteiger partial charge < -0.3 is 23.1 Å². The highest BCUT2D eigenvalue weighted by Gasteiger charge is 2.31. The smallest absolute Gasteiger partial charge is 0.320 e. The second kappa shape index (κ2) is 39.5. The van der Waals surface area contributed by atoms with E-state index in [1.165, 1.54) is 26.5 Å². The molecule has 1 fully saturated rings. The molecule has 20 heteroatoms. The lowest BCUT2D eigenvalue weighted by Crippen LogP contribution is -2.39. The van der Waals surface area contributed by atoms with Gasteiger partial charge in [0.15, 0.2) is 23.2 Å². The Bertz CT molecular complexity index is 3220. The number of hydrogen-bond acceptors (Lipinski definition) is 16. The minimum Gasteiger partial charge on any atom is -0.448 e. The largest absolute Gasteiger partial charge is 0.448 e. The minimum atomic E-state index is 0.152. The van der Waals surface area contributed by atoms with Gasteiger partial charge in [0.2, 0.25) is 11.8 Å². The van der Waals surface area contributed by atoms with E-state index >= 15 is 0 Å². The van der Waals surface area contributed by atoms with E-state index < -0.39 is 0 Å². The Morgan fingerprint density at radius 1 is 0.414 bits per heavy atom. The molecule has 0 bridgehead atoms. The van der Waals surface area contributed by atoms with E-state index in [1.54, 1.807) is 17.6 Å². The highest BCUT2D eigenvalue weighted by molar-refractivity contribution is 7.18. The number of aromatic nitrogens is 12. The van der Waals surface area contributed by atoms with Crippen molar-refractivity contribution in [2.75, 3.05) is 13.1 Å². The molecule has 7 aromatic heterocycles. The number of nitrogens with zero attached hydrogens (tertiary/aromatic N) is 12. The molecule has 0 unspecified atom stereocenters.